The third-order valence-corrected chi connectivity index (χ3v) is 3.78. The Labute approximate surface area is 127 Å². The minimum absolute atomic E-state index is 0.240. The number of rotatable bonds is 2. The summed E-state index contributed by atoms with van der Waals surface area (Å²) in [5.74, 6) is 1.42. The van der Waals surface area contributed by atoms with Crippen LogP contribution in [0.1, 0.15) is 17.2 Å². The van der Waals surface area contributed by atoms with Crippen LogP contribution in [-0.4, -0.2) is 6.61 Å². The van der Waals surface area contributed by atoms with Crippen molar-refractivity contribution in [3.63, 3.8) is 0 Å². The Morgan fingerprint density at radius 1 is 1.10 bits per heavy atom. The fourth-order valence-corrected chi connectivity index (χ4v) is 2.69. The van der Waals surface area contributed by atoms with E-state index in [0.717, 1.165) is 11.1 Å². The molecular weight excluding hydrogens is 297 g/mol. The average molecular weight is 310 g/mol. The van der Waals surface area contributed by atoms with Crippen LogP contribution < -0.4 is 15.2 Å². The molecule has 5 heteroatoms. The highest BCUT2D eigenvalue weighted by Gasteiger charge is 2.24. The Hall–Kier alpha value is -1.42. The molecule has 1 unspecified atom stereocenters. The molecule has 0 spiro atoms. The molecule has 0 bridgehead atoms. The monoisotopic (exact) mass is 309 g/mol. The Kier molecular flexibility index (Phi) is 3.74. The lowest BCUT2D eigenvalue weighted by molar-refractivity contribution is 0.0912. The van der Waals surface area contributed by atoms with E-state index in [4.69, 9.17) is 38.4 Å². The fourth-order valence-electron chi connectivity index (χ4n) is 2.16. The van der Waals surface area contributed by atoms with E-state index in [1.807, 2.05) is 24.3 Å². The fraction of sp³-hybridized carbons (Fsp3) is 0.200. The predicted molar refractivity (Wildman–Crippen MR) is 79.7 cm³/mol. The molecule has 0 saturated carbocycles. The van der Waals surface area contributed by atoms with Gasteiger partial charge in [0.15, 0.2) is 17.6 Å². The normalized spacial score (nSPS) is 17.1. The van der Waals surface area contributed by atoms with Crippen LogP contribution in [0.2, 0.25) is 10.0 Å². The van der Waals surface area contributed by atoms with Crippen LogP contribution in [0, 0.1) is 0 Å². The molecule has 0 fully saturated rings. The Bertz CT molecular complexity index is 646. The minimum atomic E-state index is -0.240. The Morgan fingerprint density at radius 3 is 2.70 bits per heavy atom. The molecule has 3 nitrogen and oxygen atoms in total. The number of ether oxygens (including phenoxy) is 2. The molecule has 2 aromatic rings. The van der Waals surface area contributed by atoms with Gasteiger partial charge in [0.1, 0.15) is 6.61 Å². The zero-order valence-electron chi connectivity index (χ0n) is 10.6. The zero-order valence-corrected chi connectivity index (χ0v) is 12.1. The SMILES string of the molecule is NCc1ccc2c(c1)OCC(c1ccc(Cl)cc1Cl)O2. The highest BCUT2D eigenvalue weighted by Crippen LogP contribution is 2.38. The number of benzene rings is 2. The van der Waals surface area contributed by atoms with Crippen molar-refractivity contribution in [1.29, 1.82) is 0 Å². The first-order valence-corrected chi connectivity index (χ1v) is 7.00. The van der Waals surface area contributed by atoms with Gasteiger partial charge in [0.2, 0.25) is 0 Å². The van der Waals surface area contributed by atoms with Crippen molar-refractivity contribution in [1.82, 2.24) is 0 Å². The van der Waals surface area contributed by atoms with E-state index in [-0.39, 0.29) is 6.10 Å². The summed E-state index contributed by atoms with van der Waals surface area (Å²) in [4.78, 5) is 0. The standard InChI is InChI=1S/C15H13Cl2NO2/c16-10-2-3-11(12(17)6-10)15-8-19-14-5-9(7-18)1-4-13(14)20-15/h1-6,15H,7-8,18H2. The molecule has 1 atom stereocenters. The lowest BCUT2D eigenvalue weighted by atomic mass is 10.1. The summed E-state index contributed by atoms with van der Waals surface area (Å²) in [6, 6.07) is 11.0. The molecule has 20 heavy (non-hydrogen) atoms. The van der Waals surface area contributed by atoms with Crippen molar-refractivity contribution in [2.45, 2.75) is 12.6 Å². The second-order valence-electron chi connectivity index (χ2n) is 4.57. The van der Waals surface area contributed by atoms with Crippen molar-refractivity contribution < 1.29 is 9.47 Å². The maximum absolute atomic E-state index is 6.20. The zero-order chi connectivity index (χ0) is 14.1. The van der Waals surface area contributed by atoms with Crippen molar-refractivity contribution >= 4 is 23.2 Å². The summed E-state index contributed by atoms with van der Waals surface area (Å²) in [6.07, 6.45) is -0.240. The second-order valence-corrected chi connectivity index (χ2v) is 5.41. The van der Waals surface area contributed by atoms with Gasteiger partial charge in [-0.15, -0.1) is 0 Å². The van der Waals surface area contributed by atoms with Gasteiger partial charge in [-0.3, -0.25) is 0 Å². The van der Waals surface area contributed by atoms with Crippen LogP contribution in [0.25, 0.3) is 0 Å². The highest BCUT2D eigenvalue weighted by atomic mass is 35.5. The second kappa shape index (κ2) is 5.52. The van der Waals surface area contributed by atoms with Gasteiger partial charge in [0.05, 0.1) is 0 Å². The van der Waals surface area contributed by atoms with Crippen molar-refractivity contribution in [2.24, 2.45) is 5.73 Å². The van der Waals surface area contributed by atoms with E-state index in [1.54, 1.807) is 12.1 Å². The topological polar surface area (TPSA) is 44.5 Å². The van der Waals surface area contributed by atoms with Crippen LogP contribution in [-0.2, 0) is 6.54 Å². The first-order chi connectivity index (χ1) is 9.67. The van der Waals surface area contributed by atoms with Crippen molar-refractivity contribution in [2.75, 3.05) is 6.61 Å². The summed E-state index contributed by atoms with van der Waals surface area (Å²) < 4.78 is 11.7. The predicted octanol–water partition coefficient (Wildman–Crippen LogP) is 3.96. The summed E-state index contributed by atoms with van der Waals surface area (Å²) in [5.41, 5.74) is 7.48. The molecule has 3 rings (SSSR count). The molecule has 1 aliphatic heterocycles. The van der Waals surface area contributed by atoms with Crippen LogP contribution >= 0.6 is 23.2 Å². The number of fused-ring (bicyclic) bond motifs is 1. The first kappa shape index (κ1) is 13.6. The summed E-state index contributed by atoms with van der Waals surface area (Å²) in [5, 5.41) is 1.18. The van der Waals surface area contributed by atoms with E-state index in [1.165, 1.54) is 0 Å². The molecule has 0 aromatic heterocycles. The lowest BCUT2D eigenvalue weighted by Gasteiger charge is -2.27. The Morgan fingerprint density at radius 2 is 1.95 bits per heavy atom. The van der Waals surface area contributed by atoms with Crippen molar-refractivity contribution in [3.05, 3.63) is 57.6 Å². The van der Waals surface area contributed by atoms with E-state index in [9.17, 15) is 0 Å². The van der Waals surface area contributed by atoms with Gasteiger partial charge in [0.25, 0.3) is 0 Å². The first-order valence-electron chi connectivity index (χ1n) is 6.25. The summed E-state index contributed by atoms with van der Waals surface area (Å²) in [6.45, 7) is 0.880. The minimum Gasteiger partial charge on any atom is -0.485 e. The number of halogens is 2. The quantitative estimate of drug-likeness (QED) is 0.913. The van der Waals surface area contributed by atoms with Gasteiger partial charge in [-0.2, -0.15) is 0 Å². The molecule has 2 N–H and O–H groups in total. The number of hydrogen-bond acceptors (Lipinski definition) is 3. The Balaban J connectivity index is 1.88. The third kappa shape index (κ3) is 2.57. The maximum Gasteiger partial charge on any atom is 0.162 e. The van der Waals surface area contributed by atoms with Gasteiger partial charge < -0.3 is 15.2 Å². The van der Waals surface area contributed by atoms with Gasteiger partial charge >= 0.3 is 0 Å². The van der Waals surface area contributed by atoms with Gasteiger partial charge in [-0.25, -0.2) is 0 Å². The molecule has 0 aliphatic carbocycles. The molecule has 104 valence electrons. The molecule has 1 heterocycles. The molecule has 0 amide bonds. The average Bonchev–Trinajstić information content (AvgIpc) is 2.46. The molecule has 1 aliphatic rings. The van der Waals surface area contributed by atoms with Gasteiger partial charge in [-0.1, -0.05) is 35.3 Å². The molecule has 2 aromatic carbocycles. The van der Waals surface area contributed by atoms with Gasteiger partial charge in [0, 0.05) is 22.2 Å². The maximum atomic E-state index is 6.20. The van der Waals surface area contributed by atoms with Gasteiger partial charge in [-0.05, 0) is 29.8 Å². The largest absolute Gasteiger partial charge is 0.485 e. The van der Waals surface area contributed by atoms with Crippen LogP contribution in [0.4, 0.5) is 0 Å². The third-order valence-electron chi connectivity index (χ3n) is 3.21. The van der Waals surface area contributed by atoms with Crippen LogP contribution in [0.5, 0.6) is 11.5 Å². The van der Waals surface area contributed by atoms with Crippen LogP contribution in [0.15, 0.2) is 36.4 Å². The summed E-state index contributed by atoms with van der Waals surface area (Å²) >= 11 is 12.1. The van der Waals surface area contributed by atoms with E-state index >= 15 is 0 Å². The molecule has 0 saturated heterocycles. The van der Waals surface area contributed by atoms with E-state index in [2.05, 4.69) is 0 Å². The summed E-state index contributed by atoms with van der Waals surface area (Å²) in [7, 11) is 0. The number of nitrogens with two attached hydrogens (primary N) is 1. The lowest BCUT2D eigenvalue weighted by Crippen LogP contribution is -2.22. The van der Waals surface area contributed by atoms with Crippen molar-refractivity contribution in [3.8, 4) is 11.5 Å². The number of hydrogen-bond donors (Lipinski definition) is 1. The smallest absolute Gasteiger partial charge is 0.162 e. The van der Waals surface area contributed by atoms with E-state index < -0.39 is 0 Å². The van der Waals surface area contributed by atoms with Crippen LogP contribution in [0.3, 0.4) is 0 Å². The molecular formula is C15H13Cl2NO2. The molecule has 0 radical (unpaired) electrons. The highest BCUT2D eigenvalue weighted by molar-refractivity contribution is 6.35. The van der Waals surface area contributed by atoms with E-state index in [0.29, 0.717) is 34.7 Å².